The van der Waals surface area contributed by atoms with Crippen LogP contribution in [-0.4, -0.2) is 19.7 Å². The highest BCUT2D eigenvalue weighted by atomic mass is 32.1. The molecule has 0 aliphatic heterocycles. The molecule has 3 heterocycles. The van der Waals surface area contributed by atoms with Crippen LogP contribution < -0.4 is 5.56 Å². The number of nitrogens with one attached hydrogen (secondary N) is 1. The summed E-state index contributed by atoms with van der Waals surface area (Å²) in [6, 6.07) is 27.2. The molecule has 0 radical (unpaired) electrons. The van der Waals surface area contributed by atoms with Gasteiger partial charge in [-0.1, -0.05) is 84.1 Å². The predicted octanol–water partition coefficient (Wildman–Crippen LogP) is 6.98. The second-order valence-corrected chi connectivity index (χ2v) is 9.23. The van der Waals surface area contributed by atoms with Crippen LogP contribution in [0.2, 0.25) is 0 Å². The molecular weight excluding hydrogens is 464 g/mol. The zero-order valence-corrected chi connectivity index (χ0v) is 19.3. The van der Waals surface area contributed by atoms with E-state index in [0.29, 0.717) is 16.0 Å². The number of thiazole rings is 2. The lowest BCUT2D eigenvalue weighted by Gasteiger charge is -1.98. The first-order chi connectivity index (χ1) is 16.8. The monoisotopic (exact) mass is 480 g/mol. The van der Waals surface area contributed by atoms with Crippen molar-refractivity contribution >= 4 is 43.7 Å². The molecule has 6 rings (SSSR count). The van der Waals surface area contributed by atoms with Gasteiger partial charge in [0.25, 0.3) is 0 Å². The molecule has 3 aromatic heterocycles. The summed E-state index contributed by atoms with van der Waals surface area (Å²) >= 11 is 2.81. The maximum atomic E-state index is 13.4. The van der Waals surface area contributed by atoms with Crippen molar-refractivity contribution in [1.29, 1.82) is 0 Å². The first-order valence-electron chi connectivity index (χ1n) is 10.5. The Kier molecular flexibility index (Phi) is 5.17. The largest absolute Gasteiger partial charge is 0.301 e. The van der Waals surface area contributed by atoms with E-state index < -0.39 is 0 Å². The summed E-state index contributed by atoms with van der Waals surface area (Å²) in [5, 5.41) is 14.8. The highest BCUT2D eigenvalue weighted by Crippen LogP contribution is 2.32. The number of para-hydroxylation sites is 1. The first-order valence-corrected chi connectivity index (χ1v) is 12.1. The molecule has 0 atom stereocenters. The van der Waals surface area contributed by atoms with E-state index in [1.807, 2.05) is 90.3 Å². The molecule has 7 nitrogen and oxygen atoms in total. The fourth-order valence-corrected chi connectivity index (χ4v) is 5.14. The van der Waals surface area contributed by atoms with E-state index in [-0.39, 0.29) is 11.2 Å². The third-order valence-electron chi connectivity index (χ3n) is 5.20. The van der Waals surface area contributed by atoms with E-state index >= 15 is 0 Å². The number of H-pyrrole nitrogens is 1. The summed E-state index contributed by atoms with van der Waals surface area (Å²) in [5.74, 6) is 0. The topological polar surface area (TPSA) is 88.3 Å². The number of aromatic nitrogens is 4. The average Bonchev–Trinajstić information content (AvgIpc) is 3.61. The lowest BCUT2D eigenvalue weighted by molar-refractivity contribution is 0.843. The van der Waals surface area contributed by atoms with Crippen LogP contribution in [0.4, 0.5) is 10.8 Å². The fourth-order valence-electron chi connectivity index (χ4n) is 3.57. The Morgan fingerprint density at radius 2 is 1.50 bits per heavy atom. The van der Waals surface area contributed by atoms with Crippen molar-refractivity contribution in [3.05, 3.63) is 101 Å². The lowest BCUT2D eigenvalue weighted by atomic mass is 10.1. The zero-order chi connectivity index (χ0) is 22.9. The van der Waals surface area contributed by atoms with Crippen molar-refractivity contribution in [3.63, 3.8) is 0 Å². The Morgan fingerprint density at radius 1 is 0.794 bits per heavy atom. The van der Waals surface area contributed by atoms with Crippen LogP contribution in [0.15, 0.2) is 105 Å². The van der Waals surface area contributed by atoms with Crippen LogP contribution in [0, 0.1) is 0 Å². The van der Waals surface area contributed by atoms with Crippen LogP contribution in [0.1, 0.15) is 0 Å². The molecule has 0 amide bonds. The number of aromatic amines is 1. The molecule has 0 spiro atoms. The second-order valence-electron chi connectivity index (χ2n) is 7.39. The van der Waals surface area contributed by atoms with Crippen molar-refractivity contribution in [2.45, 2.75) is 0 Å². The van der Waals surface area contributed by atoms with Crippen molar-refractivity contribution in [3.8, 4) is 27.6 Å². The minimum absolute atomic E-state index is 0.210. The second kappa shape index (κ2) is 8.62. The lowest BCUT2D eigenvalue weighted by Crippen LogP contribution is -2.13. The number of nitrogens with zero attached hydrogens (tertiary/aromatic N) is 5. The number of hydrogen-bond donors (Lipinski definition) is 1. The normalized spacial score (nSPS) is 11.5. The summed E-state index contributed by atoms with van der Waals surface area (Å²) in [5.41, 5.74) is 3.94. The summed E-state index contributed by atoms with van der Waals surface area (Å²) in [7, 11) is 0. The third-order valence-corrected chi connectivity index (χ3v) is 6.95. The van der Waals surface area contributed by atoms with E-state index in [4.69, 9.17) is 0 Å². The standard InChI is InChI=1S/C25H16N6OS2/c32-23-22(28-29-24-26-18-13-7-8-14-20(18)34-24)21(17-11-5-2-6-12-17)30-31(23)25-27-19(15-33-25)16-9-3-1-4-10-16/h1-15,30H. The maximum absolute atomic E-state index is 13.4. The van der Waals surface area contributed by atoms with E-state index in [1.54, 1.807) is 0 Å². The molecule has 0 aliphatic rings. The first kappa shape index (κ1) is 20.4. The molecule has 0 saturated heterocycles. The minimum atomic E-state index is -0.322. The van der Waals surface area contributed by atoms with Crippen LogP contribution in [0.25, 0.3) is 37.9 Å². The van der Waals surface area contributed by atoms with Crippen LogP contribution in [0.3, 0.4) is 0 Å². The van der Waals surface area contributed by atoms with Gasteiger partial charge in [0.05, 0.1) is 21.6 Å². The molecule has 0 saturated carbocycles. The van der Waals surface area contributed by atoms with Gasteiger partial charge in [0, 0.05) is 16.5 Å². The van der Waals surface area contributed by atoms with Gasteiger partial charge in [-0.3, -0.25) is 9.89 Å². The Balaban J connectivity index is 1.45. The van der Waals surface area contributed by atoms with Crippen LogP contribution in [-0.2, 0) is 0 Å². The van der Waals surface area contributed by atoms with Crippen molar-refractivity contribution in [2.24, 2.45) is 10.2 Å². The summed E-state index contributed by atoms with van der Waals surface area (Å²) in [4.78, 5) is 22.6. The fraction of sp³-hybridized carbons (Fsp3) is 0. The summed E-state index contributed by atoms with van der Waals surface area (Å²) in [6.07, 6.45) is 0. The zero-order valence-electron chi connectivity index (χ0n) is 17.6. The number of benzene rings is 3. The molecule has 164 valence electrons. The average molecular weight is 481 g/mol. The smallest absolute Gasteiger partial charge is 0.286 e. The Hall–Kier alpha value is -4.21. The van der Waals surface area contributed by atoms with Crippen molar-refractivity contribution < 1.29 is 0 Å². The number of fused-ring (bicyclic) bond motifs is 1. The Labute approximate surface area is 201 Å². The van der Waals surface area contributed by atoms with Gasteiger partial charge in [-0.05, 0) is 12.1 Å². The number of azo groups is 1. The van der Waals surface area contributed by atoms with Gasteiger partial charge in [0.2, 0.25) is 10.3 Å². The van der Waals surface area contributed by atoms with Gasteiger partial charge in [-0.2, -0.15) is 4.68 Å². The quantitative estimate of drug-likeness (QED) is 0.270. The van der Waals surface area contributed by atoms with Crippen LogP contribution >= 0.6 is 22.7 Å². The molecule has 0 unspecified atom stereocenters. The van der Waals surface area contributed by atoms with Gasteiger partial charge in [-0.15, -0.1) is 21.6 Å². The molecule has 6 aromatic rings. The predicted molar refractivity (Wildman–Crippen MR) is 137 cm³/mol. The van der Waals surface area contributed by atoms with Crippen LogP contribution in [0.5, 0.6) is 0 Å². The number of rotatable bonds is 5. The van der Waals surface area contributed by atoms with Gasteiger partial charge in [-0.25, -0.2) is 9.97 Å². The van der Waals surface area contributed by atoms with E-state index in [0.717, 1.165) is 27.0 Å². The highest BCUT2D eigenvalue weighted by Gasteiger charge is 2.19. The SMILES string of the molecule is O=c1c(N=Nc2nc3ccccc3s2)c(-c2ccccc2)[nH]n1-c1nc(-c2ccccc2)cs1. The van der Waals surface area contributed by atoms with E-state index in [9.17, 15) is 4.79 Å². The molecule has 1 N–H and O–H groups in total. The maximum Gasteiger partial charge on any atom is 0.301 e. The summed E-state index contributed by atoms with van der Waals surface area (Å²) in [6.45, 7) is 0. The van der Waals surface area contributed by atoms with Crippen molar-refractivity contribution in [1.82, 2.24) is 19.7 Å². The van der Waals surface area contributed by atoms with Gasteiger partial charge < -0.3 is 0 Å². The van der Waals surface area contributed by atoms with Gasteiger partial charge >= 0.3 is 5.56 Å². The third kappa shape index (κ3) is 3.76. The molecule has 3 aromatic carbocycles. The number of hydrogen-bond acceptors (Lipinski definition) is 7. The molecular formula is C25H16N6OS2. The molecule has 34 heavy (non-hydrogen) atoms. The van der Waals surface area contributed by atoms with Crippen molar-refractivity contribution in [2.75, 3.05) is 0 Å². The Morgan fingerprint density at radius 3 is 2.26 bits per heavy atom. The van der Waals surface area contributed by atoms with Gasteiger partial charge in [0.15, 0.2) is 5.69 Å². The highest BCUT2D eigenvalue weighted by molar-refractivity contribution is 7.21. The summed E-state index contributed by atoms with van der Waals surface area (Å²) < 4.78 is 2.44. The van der Waals surface area contributed by atoms with E-state index in [1.165, 1.54) is 27.4 Å². The van der Waals surface area contributed by atoms with Gasteiger partial charge in [0.1, 0.15) is 0 Å². The Bertz CT molecular complexity index is 1650. The van der Waals surface area contributed by atoms with E-state index in [2.05, 4.69) is 25.3 Å². The minimum Gasteiger partial charge on any atom is -0.286 e. The molecule has 0 fully saturated rings. The molecule has 0 aliphatic carbocycles. The molecule has 0 bridgehead atoms. The molecule has 9 heteroatoms.